The lowest BCUT2D eigenvalue weighted by molar-refractivity contribution is 0.372. The third-order valence-electron chi connectivity index (χ3n) is 4.00. The molecular formula is C13H26N2. The molecule has 0 aromatic rings. The van der Waals surface area contributed by atoms with Gasteiger partial charge in [-0.25, -0.2) is 0 Å². The summed E-state index contributed by atoms with van der Waals surface area (Å²) in [5.74, 6) is 2.00. The van der Waals surface area contributed by atoms with Gasteiger partial charge in [0.2, 0.25) is 0 Å². The van der Waals surface area contributed by atoms with Crippen LogP contribution in [0.25, 0.3) is 0 Å². The van der Waals surface area contributed by atoms with E-state index in [4.69, 9.17) is 0 Å². The molecule has 88 valence electrons. The Labute approximate surface area is 94.2 Å². The van der Waals surface area contributed by atoms with Gasteiger partial charge in [-0.05, 0) is 63.6 Å². The lowest BCUT2D eigenvalue weighted by Gasteiger charge is -2.23. The van der Waals surface area contributed by atoms with Crippen molar-refractivity contribution >= 4 is 0 Å². The average Bonchev–Trinajstić information content (AvgIpc) is 2.96. The molecule has 2 aliphatic rings. The molecule has 2 fully saturated rings. The van der Waals surface area contributed by atoms with Crippen LogP contribution in [-0.4, -0.2) is 25.7 Å². The summed E-state index contributed by atoms with van der Waals surface area (Å²) < 4.78 is 0. The van der Waals surface area contributed by atoms with Gasteiger partial charge in [0, 0.05) is 6.04 Å². The Balaban J connectivity index is 1.41. The van der Waals surface area contributed by atoms with E-state index in [1.807, 2.05) is 0 Å². The lowest BCUT2D eigenvalue weighted by atomic mass is 10.0. The Kier molecular flexibility index (Phi) is 4.45. The van der Waals surface area contributed by atoms with E-state index in [9.17, 15) is 0 Å². The second kappa shape index (κ2) is 5.86. The maximum absolute atomic E-state index is 3.61. The van der Waals surface area contributed by atoms with Crippen LogP contribution < -0.4 is 10.6 Å². The first-order chi connectivity index (χ1) is 7.36. The van der Waals surface area contributed by atoms with Gasteiger partial charge in [-0.1, -0.05) is 13.3 Å². The SMILES string of the molecule is CC1CC1CNCCCC1CCCCN1. The quantitative estimate of drug-likeness (QED) is 0.656. The van der Waals surface area contributed by atoms with E-state index in [0.29, 0.717) is 0 Å². The summed E-state index contributed by atoms with van der Waals surface area (Å²) in [6.45, 7) is 6.09. The minimum atomic E-state index is 0.820. The fraction of sp³-hybridized carbons (Fsp3) is 1.00. The van der Waals surface area contributed by atoms with Gasteiger partial charge in [0.05, 0.1) is 0 Å². The van der Waals surface area contributed by atoms with Gasteiger partial charge >= 0.3 is 0 Å². The third kappa shape index (κ3) is 4.12. The van der Waals surface area contributed by atoms with Crippen LogP contribution in [0.1, 0.15) is 45.4 Å². The van der Waals surface area contributed by atoms with E-state index in [0.717, 1.165) is 17.9 Å². The Bertz CT molecular complexity index is 175. The first kappa shape index (κ1) is 11.4. The molecule has 3 unspecified atom stereocenters. The van der Waals surface area contributed by atoms with Crippen LogP contribution >= 0.6 is 0 Å². The highest BCUT2D eigenvalue weighted by Gasteiger charge is 2.31. The minimum absolute atomic E-state index is 0.820. The molecule has 2 heteroatoms. The normalized spacial score (nSPS) is 35.4. The zero-order chi connectivity index (χ0) is 10.5. The summed E-state index contributed by atoms with van der Waals surface area (Å²) in [6, 6.07) is 0.820. The predicted octanol–water partition coefficient (Wildman–Crippen LogP) is 2.15. The summed E-state index contributed by atoms with van der Waals surface area (Å²) >= 11 is 0. The van der Waals surface area contributed by atoms with E-state index in [-0.39, 0.29) is 0 Å². The highest BCUT2D eigenvalue weighted by Crippen LogP contribution is 2.36. The van der Waals surface area contributed by atoms with Gasteiger partial charge in [0.15, 0.2) is 0 Å². The summed E-state index contributed by atoms with van der Waals surface area (Å²) in [6.07, 6.45) is 8.39. The zero-order valence-corrected chi connectivity index (χ0v) is 10.1. The maximum Gasteiger partial charge on any atom is 0.00675 e. The maximum atomic E-state index is 3.61. The fourth-order valence-corrected chi connectivity index (χ4v) is 2.61. The fourth-order valence-electron chi connectivity index (χ4n) is 2.61. The molecule has 1 heterocycles. The monoisotopic (exact) mass is 210 g/mol. The highest BCUT2D eigenvalue weighted by molar-refractivity contribution is 4.83. The number of piperidine rings is 1. The van der Waals surface area contributed by atoms with Gasteiger partial charge in [-0.2, -0.15) is 0 Å². The van der Waals surface area contributed by atoms with Crippen LogP contribution in [0, 0.1) is 11.8 Å². The molecule has 15 heavy (non-hydrogen) atoms. The molecule has 2 N–H and O–H groups in total. The number of rotatable bonds is 6. The molecule has 0 bridgehead atoms. The molecule has 1 saturated heterocycles. The van der Waals surface area contributed by atoms with Gasteiger partial charge in [-0.3, -0.25) is 0 Å². The van der Waals surface area contributed by atoms with Crippen molar-refractivity contribution in [2.45, 2.75) is 51.5 Å². The lowest BCUT2D eigenvalue weighted by Crippen LogP contribution is -2.34. The molecule has 0 amide bonds. The van der Waals surface area contributed by atoms with E-state index in [2.05, 4.69) is 17.6 Å². The van der Waals surface area contributed by atoms with Crippen LogP contribution in [0.15, 0.2) is 0 Å². The Morgan fingerprint density at radius 2 is 2.20 bits per heavy atom. The van der Waals surface area contributed by atoms with Crippen LogP contribution in [-0.2, 0) is 0 Å². The minimum Gasteiger partial charge on any atom is -0.316 e. The van der Waals surface area contributed by atoms with Gasteiger partial charge in [0.25, 0.3) is 0 Å². The van der Waals surface area contributed by atoms with Crippen molar-refractivity contribution in [3.05, 3.63) is 0 Å². The van der Waals surface area contributed by atoms with Gasteiger partial charge in [-0.15, -0.1) is 0 Å². The Morgan fingerprint density at radius 1 is 1.33 bits per heavy atom. The van der Waals surface area contributed by atoms with E-state index < -0.39 is 0 Å². The topological polar surface area (TPSA) is 24.1 Å². The molecule has 2 rings (SSSR count). The Morgan fingerprint density at radius 3 is 2.87 bits per heavy atom. The molecule has 0 radical (unpaired) electrons. The van der Waals surface area contributed by atoms with Crippen molar-refractivity contribution in [2.75, 3.05) is 19.6 Å². The van der Waals surface area contributed by atoms with Crippen molar-refractivity contribution < 1.29 is 0 Å². The molecule has 1 aliphatic heterocycles. The van der Waals surface area contributed by atoms with Crippen molar-refractivity contribution in [2.24, 2.45) is 11.8 Å². The molecule has 2 nitrogen and oxygen atoms in total. The second-order valence-corrected chi connectivity index (χ2v) is 5.47. The van der Waals surface area contributed by atoms with Crippen LogP contribution in [0.2, 0.25) is 0 Å². The largest absolute Gasteiger partial charge is 0.316 e. The molecule has 0 aromatic heterocycles. The van der Waals surface area contributed by atoms with Crippen molar-refractivity contribution in [3.63, 3.8) is 0 Å². The van der Waals surface area contributed by atoms with Gasteiger partial charge < -0.3 is 10.6 Å². The van der Waals surface area contributed by atoms with Gasteiger partial charge in [0.1, 0.15) is 0 Å². The summed E-state index contributed by atoms with van der Waals surface area (Å²) in [4.78, 5) is 0. The highest BCUT2D eigenvalue weighted by atomic mass is 14.9. The first-order valence-corrected chi connectivity index (χ1v) is 6.80. The summed E-state index contributed by atoms with van der Waals surface area (Å²) in [7, 11) is 0. The van der Waals surface area contributed by atoms with Crippen LogP contribution in [0.4, 0.5) is 0 Å². The molecular weight excluding hydrogens is 184 g/mol. The predicted molar refractivity (Wildman–Crippen MR) is 65.0 cm³/mol. The van der Waals surface area contributed by atoms with E-state index >= 15 is 0 Å². The number of hydrogen-bond donors (Lipinski definition) is 2. The molecule has 3 atom stereocenters. The van der Waals surface area contributed by atoms with Crippen molar-refractivity contribution in [1.82, 2.24) is 10.6 Å². The summed E-state index contributed by atoms with van der Waals surface area (Å²) in [5.41, 5.74) is 0. The van der Waals surface area contributed by atoms with E-state index in [1.54, 1.807) is 0 Å². The van der Waals surface area contributed by atoms with Crippen LogP contribution in [0.3, 0.4) is 0 Å². The smallest absolute Gasteiger partial charge is 0.00675 e. The second-order valence-electron chi connectivity index (χ2n) is 5.47. The average molecular weight is 210 g/mol. The zero-order valence-electron chi connectivity index (χ0n) is 10.1. The molecule has 1 saturated carbocycles. The molecule has 1 aliphatic carbocycles. The number of nitrogens with one attached hydrogen (secondary N) is 2. The molecule has 0 spiro atoms. The third-order valence-corrected chi connectivity index (χ3v) is 4.00. The standard InChI is InChI=1S/C13H26N2/c1-11-9-12(11)10-14-7-4-6-13-5-2-3-8-15-13/h11-15H,2-10H2,1H3. The van der Waals surface area contributed by atoms with Crippen molar-refractivity contribution in [1.29, 1.82) is 0 Å². The van der Waals surface area contributed by atoms with E-state index in [1.165, 1.54) is 58.2 Å². The van der Waals surface area contributed by atoms with Crippen molar-refractivity contribution in [3.8, 4) is 0 Å². The molecule has 0 aromatic carbocycles. The Hall–Kier alpha value is -0.0800. The van der Waals surface area contributed by atoms with Crippen LogP contribution in [0.5, 0.6) is 0 Å². The summed E-state index contributed by atoms with van der Waals surface area (Å²) in [5, 5.41) is 7.20. The number of hydrogen-bond acceptors (Lipinski definition) is 2. The first-order valence-electron chi connectivity index (χ1n) is 6.80.